The molecule has 0 bridgehead atoms. The second kappa shape index (κ2) is 13.3. The third kappa shape index (κ3) is 10.7. The summed E-state index contributed by atoms with van der Waals surface area (Å²) in [6.45, 7) is 1.61. The summed E-state index contributed by atoms with van der Waals surface area (Å²) in [4.78, 5) is 22.2. The molecule has 0 saturated carbocycles. The van der Waals surface area contributed by atoms with Crippen molar-refractivity contribution < 1.29 is 28.9 Å². The van der Waals surface area contributed by atoms with Gasteiger partial charge in [-0.3, -0.25) is 9.59 Å². The van der Waals surface area contributed by atoms with E-state index in [1.54, 1.807) is 19.1 Å². The molecule has 0 radical (unpaired) electrons. The molecule has 0 aromatic heterocycles. The van der Waals surface area contributed by atoms with Crippen molar-refractivity contribution in [3.63, 3.8) is 0 Å². The molecule has 0 heterocycles. The first-order valence-corrected chi connectivity index (χ1v) is 9.67. The van der Waals surface area contributed by atoms with Crippen molar-refractivity contribution in [1.82, 2.24) is 0 Å². The number of carbonyl (C=O) groups is 2. The van der Waals surface area contributed by atoms with Crippen molar-refractivity contribution in [3.05, 3.63) is 30.1 Å². The van der Waals surface area contributed by atoms with E-state index in [0.29, 0.717) is 25.7 Å². The highest BCUT2D eigenvalue weighted by molar-refractivity contribution is 5.78. The summed E-state index contributed by atoms with van der Waals surface area (Å²) in [5, 5.41) is 18.6. The number of rotatable bonds is 15. The van der Waals surface area contributed by atoms with Gasteiger partial charge in [0.25, 0.3) is 0 Å². The van der Waals surface area contributed by atoms with Gasteiger partial charge in [0, 0.05) is 12.3 Å². The molecule has 1 rings (SSSR count). The molecule has 152 valence electrons. The van der Waals surface area contributed by atoms with Gasteiger partial charge >= 0.3 is 5.97 Å². The van der Waals surface area contributed by atoms with Crippen LogP contribution in [0, 0.1) is 11.7 Å². The van der Waals surface area contributed by atoms with Gasteiger partial charge in [0.05, 0.1) is 6.10 Å². The van der Waals surface area contributed by atoms with Gasteiger partial charge in [-0.2, -0.15) is 0 Å². The van der Waals surface area contributed by atoms with E-state index < -0.39 is 17.9 Å². The maximum atomic E-state index is 13.4. The van der Waals surface area contributed by atoms with Crippen LogP contribution in [0.3, 0.4) is 0 Å². The average molecular weight is 382 g/mol. The third-order valence-corrected chi connectivity index (χ3v) is 4.63. The third-order valence-electron chi connectivity index (χ3n) is 4.63. The summed E-state index contributed by atoms with van der Waals surface area (Å²) < 4.78 is 18.7. The van der Waals surface area contributed by atoms with Crippen LogP contribution >= 0.6 is 0 Å². The Morgan fingerprint density at radius 1 is 1.04 bits per heavy atom. The Hall–Kier alpha value is -1.95. The van der Waals surface area contributed by atoms with Crippen molar-refractivity contribution in [2.45, 2.75) is 70.8 Å². The van der Waals surface area contributed by atoms with Crippen molar-refractivity contribution in [2.75, 3.05) is 6.61 Å². The number of aliphatic hydroxyl groups excluding tert-OH is 1. The number of aliphatic carboxylic acids is 1. The van der Waals surface area contributed by atoms with Gasteiger partial charge in [-0.05, 0) is 44.7 Å². The van der Waals surface area contributed by atoms with Crippen LogP contribution in [0.15, 0.2) is 24.3 Å². The Balaban J connectivity index is 2.19. The summed E-state index contributed by atoms with van der Waals surface area (Å²) in [6, 6.07) is 6.07. The van der Waals surface area contributed by atoms with E-state index in [0.717, 1.165) is 25.7 Å². The first kappa shape index (κ1) is 23.1. The maximum absolute atomic E-state index is 13.4. The molecule has 0 spiro atoms. The molecular weight excluding hydrogens is 351 g/mol. The van der Waals surface area contributed by atoms with Crippen LogP contribution in [0.4, 0.5) is 4.39 Å². The van der Waals surface area contributed by atoms with Crippen LogP contribution in [0.25, 0.3) is 0 Å². The Morgan fingerprint density at radius 3 is 2.37 bits per heavy atom. The summed E-state index contributed by atoms with van der Waals surface area (Å²) in [5.41, 5.74) is 0. The number of hydrogen-bond donors (Lipinski definition) is 2. The zero-order valence-electron chi connectivity index (χ0n) is 16.0. The van der Waals surface area contributed by atoms with Crippen molar-refractivity contribution in [1.29, 1.82) is 0 Å². The number of Topliss-reactive ketones (excluding diaryl/α,β-unsaturated/α-hetero) is 1. The number of ether oxygens (including phenoxy) is 1. The number of unbranched alkanes of at least 4 members (excludes halogenated alkanes) is 3. The standard InChI is InChI=1S/C21H31FO5/c1-16(23)17(9-4-2-3-5-14-21(25)26)10-8-11-18(24)15-27-20-13-7-6-12-19(20)22/h6-7,12-13,17-18,24H,2-5,8-11,14-15H2,1H3,(H,25,26). The largest absolute Gasteiger partial charge is 0.488 e. The van der Waals surface area contributed by atoms with Gasteiger partial charge < -0.3 is 14.9 Å². The molecule has 0 aliphatic carbocycles. The Labute approximate surface area is 160 Å². The lowest BCUT2D eigenvalue weighted by molar-refractivity contribution is -0.137. The number of carboxylic acids is 1. The van der Waals surface area contributed by atoms with E-state index in [9.17, 15) is 19.1 Å². The quantitative estimate of drug-likeness (QED) is 0.440. The molecule has 0 aliphatic heterocycles. The highest BCUT2D eigenvalue weighted by Crippen LogP contribution is 2.20. The Morgan fingerprint density at radius 2 is 1.70 bits per heavy atom. The van der Waals surface area contributed by atoms with Gasteiger partial charge in [0.1, 0.15) is 12.4 Å². The monoisotopic (exact) mass is 382 g/mol. The van der Waals surface area contributed by atoms with Gasteiger partial charge in [-0.1, -0.05) is 37.8 Å². The molecule has 0 aliphatic rings. The van der Waals surface area contributed by atoms with Crippen LogP contribution in [0.1, 0.15) is 64.7 Å². The van der Waals surface area contributed by atoms with E-state index in [-0.39, 0.29) is 30.5 Å². The second-order valence-corrected chi connectivity index (χ2v) is 6.98. The van der Waals surface area contributed by atoms with E-state index in [1.165, 1.54) is 12.1 Å². The molecule has 6 heteroatoms. The summed E-state index contributed by atoms with van der Waals surface area (Å²) in [5.74, 6) is -0.971. The molecule has 2 unspecified atom stereocenters. The summed E-state index contributed by atoms with van der Waals surface area (Å²) >= 11 is 0. The smallest absolute Gasteiger partial charge is 0.303 e. The van der Waals surface area contributed by atoms with Crippen molar-refractivity contribution in [2.24, 2.45) is 5.92 Å². The van der Waals surface area contributed by atoms with E-state index in [4.69, 9.17) is 9.84 Å². The van der Waals surface area contributed by atoms with Gasteiger partial charge in [-0.25, -0.2) is 4.39 Å². The fraction of sp³-hybridized carbons (Fsp3) is 0.619. The first-order chi connectivity index (χ1) is 12.9. The lowest BCUT2D eigenvalue weighted by Crippen LogP contribution is -2.19. The predicted molar refractivity (Wildman–Crippen MR) is 101 cm³/mol. The molecule has 5 nitrogen and oxygen atoms in total. The number of hydrogen-bond acceptors (Lipinski definition) is 4. The molecule has 0 saturated heterocycles. The second-order valence-electron chi connectivity index (χ2n) is 6.98. The van der Waals surface area contributed by atoms with Gasteiger partial charge in [0.2, 0.25) is 0 Å². The molecule has 27 heavy (non-hydrogen) atoms. The molecule has 0 fully saturated rings. The van der Waals surface area contributed by atoms with E-state index in [2.05, 4.69) is 0 Å². The van der Waals surface area contributed by atoms with Gasteiger partial charge in [-0.15, -0.1) is 0 Å². The number of benzene rings is 1. The Kier molecular flexibility index (Phi) is 11.3. The topological polar surface area (TPSA) is 83.8 Å². The average Bonchev–Trinajstić information content (AvgIpc) is 2.61. The predicted octanol–water partition coefficient (Wildman–Crippen LogP) is 4.37. The van der Waals surface area contributed by atoms with Crippen LogP contribution in [0.2, 0.25) is 0 Å². The SMILES string of the molecule is CC(=O)C(CCCCCCC(=O)O)CCCC(O)COc1ccccc1F. The van der Waals surface area contributed by atoms with Crippen LogP contribution < -0.4 is 4.74 Å². The molecular formula is C21H31FO5. The van der Waals surface area contributed by atoms with E-state index >= 15 is 0 Å². The van der Waals surface area contributed by atoms with Crippen LogP contribution in [0.5, 0.6) is 5.75 Å². The number of para-hydroxylation sites is 1. The molecule has 2 atom stereocenters. The van der Waals surface area contributed by atoms with Gasteiger partial charge in [0.15, 0.2) is 11.6 Å². The summed E-state index contributed by atoms with van der Waals surface area (Å²) in [6.07, 6.45) is 5.57. The molecule has 1 aromatic rings. The minimum absolute atomic E-state index is 0.0231. The number of carboxylic acid groups (broad SMARTS) is 1. The Bertz CT molecular complexity index is 575. The minimum atomic E-state index is -0.769. The highest BCUT2D eigenvalue weighted by atomic mass is 19.1. The zero-order chi connectivity index (χ0) is 20.1. The number of carbonyl (C=O) groups excluding carboxylic acids is 1. The summed E-state index contributed by atoms with van der Waals surface area (Å²) in [7, 11) is 0. The zero-order valence-corrected chi connectivity index (χ0v) is 16.0. The number of ketones is 1. The number of halogens is 1. The maximum Gasteiger partial charge on any atom is 0.303 e. The lowest BCUT2D eigenvalue weighted by Gasteiger charge is -2.16. The molecule has 2 N–H and O–H groups in total. The van der Waals surface area contributed by atoms with Crippen LogP contribution in [-0.4, -0.2) is 34.7 Å². The lowest BCUT2D eigenvalue weighted by atomic mass is 9.91. The first-order valence-electron chi connectivity index (χ1n) is 9.67. The number of aliphatic hydroxyl groups is 1. The normalized spacial score (nSPS) is 13.1. The fourth-order valence-electron chi connectivity index (χ4n) is 3.00. The minimum Gasteiger partial charge on any atom is -0.488 e. The van der Waals surface area contributed by atoms with Crippen molar-refractivity contribution in [3.8, 4) is 5.75 Å². The highest BCUT2D eigenvalue weighted by Gasteiger charge is 2.15. The molecule has 1 aromatic carbocycles. The van der Waals surface area contributed by atoms with Crippen molar-refractivity contribution >= 4 is 11.8 Å². The van der Waals surface area contributed by atoms with E-state index in [1.807, 2.05) is 0 Å². The van der Waals surface area contributed by atoms with Crippen LogP contribution in [-0.2, 0) is 9.59 Å². The fourth-order valence-corrected chi connectivity index (χ4v) is 3.00. The molecule has 0 amide bonds.